The third-order valence-corrected chi connectivity index (χ3v) is 2.33. The number of nitrogens with one attached hydrogen (secondary N) is 1. The van der Waals surface area contributed by atoms with Crippen LogP contribution in [0.1, 0.15) is 0 Å². The minimum Gasteiger partial charge on any atom is -0.395 e. The van der Waals surface area contributed by atoms with Gasteiger partial charge in [-0.25, -0.2) is 4.98 Å². The average Bonchev–Trinajstić information content (AvgIpc) is 2.62. The van der Waals surface area contributed by atoms with Gasteiger partial charge in [-0.3, -0.25) is 4.98 Å². The summed E-state index contributed by atoms with van der Waals surface area (Å²) < 4.78 is 34.3. The van der Waals surface area contributed by atoms with Crippen LogP contribution in [-0.4, -0.2) is 16.3 Å². The van der Waals surface area contributed by atoms with E-state index >= 15 is 0 Å². The summed E-state index contributed by atoms with van der Waals surface area (Å²) in [6, 6.07) is 4.30. The van der Waals surface area contributed by atoms with Crippen molar-refractivity contribution in [1.82, 2.24) is 9.97 Å². The third-order valence-electron chi connectivity index (χ3n) is 2.33. The Labute approximate surface area is 106 Å². The Morgan fingerprint density at radius 2 is 1.95 bits per heavy atom. The van der Waals surface area contributed by atoms with Gasteiger partial charge in [0.1, 0.15) is 5.82 Å². The van der Waals surface area contributed by atoms with Crippen LogP contribution in [0.4, 0.5) is 26.1 Å². The van der Waals surface area contributed by atoms with Crippen molar-refractivity contribution in [3.05, 3.63) is 30.6 Å². The second kappa shape index (κ2) is 3.94. The van der Waals surface area contributed by atoms with Crippen LogP contribution in [0, 0.1) is 0 Å². The molecule has 1 aromatic heterocycles. The maximum Gasteiger partial charge on any atom is 0.586 e. The highest BCUT2D eigenvalue weighted by Gasteiger charge is 2.43. The van der Waals surface area contributed by atoms with Crippen molar-refractivity contribution in [2.24, 2.45) is 0 Å². The van der Waals surface area contributed by atoms with Crippen LogP contribution < -0.4 is 20.5 Å². The minimum atomic E-state index is -3.63. The van der Waals surface area contributed by atoms with Gasteiger partial charge >= 0.3 is 6.29 Å². The minimum absolute atomic E-state index is 0.0193. The molecule has 19 heavy (non-hydrogen) atoms. The number of anilines is 3. The summed E-state index contributed by atoms with van der Waals surface area (Å²) in [4.78, 5) is 7.82. The monoisotopic (exact) mass is 266 g/mol. The molecule has 3 N–H and O–H groups in total. The number of aromatic nitrogens is 2. The Bertz CT molecular complexity index is 636. The van der Waals surface area contributed by atoms with E-state index in [-0.39, 0.29) is 17.3 Å². The zero-order valence-electron chi connectivity index (χ0n) is 9.43. The summed E-state index contributed by atoms with van der Waals surface area (Å²) in [6.45, 7) is 0. The number of nitrogen functional groups attached to an aromatic ring is 1. The fourth-order valence-corrected chi connectivity index (χ4v) is 1.62. The second-order valence-electron chi connectivity index (χ2n) is 3.78. The zero-order valence-corrected chi connectivity index (χ0v) is 9.43. The maximum atomic E-state index is 12.8. The number of alkyl halides is 2. The highest BCUT2D eigenvalue weighted by atomic mass is 19.3. The highest BCUT2D eigenvalue weighted by molar-refractivity contribution is 5.62. The van der Waals surface area contributed by atoms with Crippen molar-refractivity contribution in [2.75, 3.05) is 11.1 Å². The average molecular weight is 266 g/mol. The molecule has 0 aliphatic carbocycles. The molecule has 3 rings (SSSR count). The summed E-state index contributed by atoms with van der Waals surface area (Å²) in [5.74, 6) is 0.573. The van der Waals surface area contributed by atoms with Gasteiger partial charge < -0.3 is 20.5 Å². The number of nitrogens with zero attached hydrogens (tertiary/aromatic N) is 2. The number of nitrogens with two attached hydrogens (primary N) is 1. The van der Waals surface area contributed by atoms with Gasteiger partial charge in [0.25, 0.3) is 0 Å². The smallest absolute Gasteiger partial charge is 0.395 e. The largest absolute Gasteiger partial charge is 0.586 e. The van der Waals surface area contributed by atoms with Crippen LogP contribution in [0.25, 0.3) is 0 Å². The summed E-state index contributed by atoms with van der Waals surface area (Å²) in [7, 11) is 0. The normalized spacial score (nSPS) is 15.3. The van der Waals surface area contributed by atoms with E-state index in [0.29, 0.717) is 11.5 Å². The number of halogens is 2. The molecule has 0 fully saturated rings. The Balaban J connectivity index is 1.85. The molecule has 0 bridgehead atoms. The lowest BCUT2D eigenvalue weighted by Crippen LogP contribution is -2.25. The zero-order chi connectivity index (χ0) is 13.5. The van der Waals surface area contributed by atoms with Crippen LogP contribution >= 0.6 is 0 Å². The molecule has 2 heterocycles. The van der Waals surface area contributed by atoms with Crippen molar-refractivity contribution in [3.63, 3.8) is 0 Å². The van der Waals surface area contributed by atoms with E-state index in [1.54, 1.807) is 6.07 Å². The molecule has 1 aromatic carbocycles. The van der Waals surface area contributed by atoms with E-state index in [4.69, 9.17) is 5.73 Å². The van der Waals surface area contributed by atoms with E-state index in [1.165, 1.54) is 24.5 Å². The first-order valence-electron chi connectivity index (χ1n) is 5.26. The first-order chi connectivity index (χ1) is 9.02. The Kier molecular flexibility index (Phi) is 2.37. The topological polar surface area (TPSA) is 82.3 Å². The Hall–Kier alpha value is -2.64. The summed E-state index contributed by atoms with van der Waals surface area (Å²) in [5, 5.41) is 2.87. The van der Waals surface area contributed by atoms with E-state index < -0.39 is 6.29 Å². The molecule has 1 aliphatic heterocycles. The van der Waals surface area contributed by atoms with E-state index in [9.17, 15) is 8.78 Å². The lowest BCUT2D eigenvalue weighted by Gasteiger charge is -2.06. The molecule has 1 aliphatic rings. The molecule has 0 saturated heterocycles. The van der Waals surface area contributed by atoms with Gasteiger partial charge in [-0.05, 0) is 12.1 Å². The lowest BCUT2D eigenvalue weighted by atomic mass is 10.3. The predicted octanol–water partition coefficient (Wildman–Crippen LogP) is 2.12. The van der Waals surface area contributed by atoms with Crippen LogP contribution in [0.15, 0.2) is 30.6 Å². The summed E-state index contributed by atoms with van der Waals surface area (Å²) in [5.41, 5.74) is 5.98. The Morgan fingerprint density at radius 3 is 2.74 bits per heavy atom. The molecule has 6 nitrogen and oxygen atoms in total. The molecule has 8 heteroatoms. The van der Waals surface area contributed by atoms with Crippen molar-refractivity contribution >= 4 is 17.3 Å². The van der Waals surface area contributed by atoms with Crippen molar-refractivity contribution < 1.29 is 18.3 Å². The molecule has 0 unspecified atom stereocenters. The second-order valence-corrected chi connectivity index (χ2v) is 3.78. The number of benzene rings is 1. The van der Waals surface area contributed by atoms with Gasteiger partial charge in [0.15, 0.2) is 17.3 Å². The van der Waals surface area contributed by atoms with Gasteiger partial charge in [0.2, 0.25) is 0 Å². The molecular formula is C11H8F2N4O2. The van der Waals surface area contributed by atoms with Crippen LogP contribution in [0.5, 0.6) is 11.5 Å². The van der Waals surface area contributed by atoms with Crippen LogP contribution in [0.2, 0.25) is 0 Å². The quantitative estimate of drug-likeness (QED) is 0.866. The number of fused-ring (bicyclic) bond motifs is 1. The first-order valence-corrected chi connectivity index (χ1v) is 5.26. The number of hydrogen-bond donors (Lipinski definition) is 2. The van der Waals surface area contributed by atoms with Crippen LogP contribution in [-0.2, 0) is 0 Å². The summed E-state index contributed by atoms with van der Waals surface area (Å²) in [6.07, 6.45) is -0.779. The van der Waals surface area contributed by atoms with E-state index in [1.807, 2.05) is 0 Å². The van der Waals surface area contributed by atoms with E-state index in [2.05, 4.69) is 24.8 Å². The molecule has 0 amide bonds. The van der Waals surface area contributed by atoms with Crippen LogP contribution in [0.3, 0.4) is 0 Å². The molecular weight excluding hydrogens is 258 g/mol. The molecule has 0 radical (unpaired) electrons. The number of ether oxygens (including phenoxy) is 2. The molecule has 0 atom stereocenters. The fourth-order valence-electron chi connectivity index (χ4n) is 1.62. The fraction of sp³-hybridized carbons (Fsp3) is 0.0909. The highest BCUT2D eigenvalue weighted by Crippen LogP contribution is 2.42. The van der Waals surface area contributed by atoms with Gasteiger partial charge in [-0.1, -0.05) is 0 Å². The van der Waals surface area contributed by atoms with Crippen molar-refractivity contribution in [1.29, 1.82) is 0 Å². The SMILES string of the molecule is Nc1cncc(Nc2ccc3c(c2)OC(F)(F)O3)n1. The Morgan fingerprint density at radius 1 is 1.16 bits per heavy atom. The molecule has 0 spiro atoms. The van der Waals surface area contributed by atoms with E-state index in [0.717, 1.165) is 0 Å². The first kappa shape index (κ1) is 11.5. The summed E-state index contributed by atoms with van der Waals surface area (Å²) >= 11 is 0. The van der Waals surface area contributed by atoms with Crippen molar-refractivity contribution in [3.8, 4) is 11.5 Å². The van der Waals surface area contributed by atoms with Crippen molar-refractivity contribution in [2.45, 2.75) is 6.29 Å². The van der Waals surface area contributed by atoms with Gasteiger partial charge in [-0.15, -0.1) is 8.78 Å². The lowest BCUT2D eigenvalue weighted by molar-refractivity contribution is -0.286. The molecule has 2 aromatic rings. The standard InChI is InChI=1S/C11H8F2N4O2/c12-11(13)18-7-2-1-6(3-8(7)19-11)16-10-5-15-4-9(14)17-10/h1-5H,(H3,14,16,17). The maximum absolute atomic E-state index is 12.8. The van der Waals surface area contributed by atoms with Gasteiger partial charge in [0, 0.05) is 11.8 Å². The third kappa shape index (κ3) is 2.32. The molecule has 0 saturated carbocycles. The number of rotatable bonds is 2. The predicted molar refractivity (Wildman–Crippen MR) is 62.4 cm³/mol. The molecule has 98 valence electrons. The number of hydrogen-bond acceptors (Lipinski definition) is 6. The van der Waals surface area contributed by atoms with Gasteiger partial charge in [-0.2, -0.15) is 0 Å². The van der Waals surface area contributed by atoms with Gasteiger partial charge in [0.05, 0.1) is 12.4 Å².